The first-order valence-corrected chi connectivity index (χ1v) is 4.88. The van der Waals surface area contributed by atoms with Gasteiger partial charge in [0.2, 0.25) is 0 Å². The Hall–Kier alpha value is -1.32. The average Bonchev–Trinajstić information content (AvgIpc) is 2.79. The lowest BCUT2D eigenvalue weighted by molar-refractivity contribution is -0.136. The molecule has 0 unspecified atom stereocenters. The zero-order valence-electron chi connectivity index (χ0n) is 8.23. The summed E-state index contributed by atoms with van der Waals surface area (Å²) in [5, 5.41) is 8.64. The molecule has 0 atom stereocenters. The van der Waals surface area contributed by atoms with Crippen molar-refractivity contribution in [2.75, 3.05) is 0 Å². The molecule has 76 valence electrons. The highest BCUT2D eigenvalue weighted by Gasteiger charge is 2.23. The number of hydrogen-bond acceptors (Lipinski definition) is 2. The van der Waals surface area contributed by atoms with E-state index in [2.05, 4.69) is 4.98 Å². The zero-order chi connectivity index (χ0) is 10.1. The minimum Gasteiger partial charge on any atom is -0.481 e. The number of imidazole rings is 1. The van der Waals surface area contributed by atoms with E-state index in [0.717, 1.165) is 18.0 Å². The van der Waals surface area contributed by atoms with Gasteiger partial charge < -0.3 is 9.67 Å². The van der Waals surface area contributed by atoms with Crippen molar-refractivity contribution in [1.29, 1.82) is 0 Å². The first-order valence-electron chi connectivity index (χ1n) is 4.88. The molecule has 0 amide bonds. The number of nitrogens with zero attached hydrogens (tertiary/aromatic N) is 2. The van der Waals surface area contributed by atoms with Crippen LogP contribution in [0.2, 0.25) is 0 Å². The Morgan fingerprint density at radius 2 is 2.43 bits per heavy atom. The number of aromatic nitrogens is 2. The molecule has 0 spiro atoms. The normalized spacial score (nSPS) is 15.8. The Kier molecular flexibility index (Phi) is 2.27. The van der Waals surface area contributed by atoms with E-state index in [1.54, 1.807) is 0 Å². The van der Waals surface area contributed by atoms with E-state index in [1.165, 1.54) is 12.8 Å². The fourth-order valence-corrected chi connectivity index (χ4v) is 1.59. The van der Waals surface area contributed by atoms with Crippen molar-refractivity contribution in [3.8, 4) is 0 Å². The second-order valence-corrected chi connectivity index (χ2v) is 3.98. The minimum absolute atomic E-state index is 0.0150. The summed E-state index contributed by atoms with van der Waals surface area (Å²) in [7, 11) is 1.85. The lowest BCUT2D eigenvalue weighted by Crippen LogP contribution is -2.05. The van der Waals surface area contributed by atoms with Gasteiger partial charge in [-0.1, -0.05) is 0 Å². The van der Waals surface area contributed by atoms with E-state index in [9.17, 15) is 4.79 Å². The van der Waals surface area contributed by atoms with Gasteiger partial charge in [0, 0.05) is 13.2 Å². The number of aryl methyl sites for hydroxylation is 1. The SMILES string of the molecule is Cn1cc(CC2CC2)nc1CC(=O)O. The highest BCUT2D eigenvalue weighted by molar-refractivity contribution is 5.69. The lowest BCUT2D eigenvalue weighted by atomic mass is 10.2. The fraction of sp³-hybridized carbons (Fsp3) is 0.600. The first kappa shape index (κ1) is 9.24. The van der Waals surface area contributed by atoms with E-state index in [1.807, 2.05) is 17.8 Å². The van der Waals surface area contributed by atoms with E-state index in [4.69, 9.17) is 5.11 Å². The zero-order valence-corrected chi connectivity index (χ0v) is 8.23. The van der Waals surface area contributed by atoms with E-state index >= 15 is 0 Å². The predicted molar refractivity (Wildman–Crippen MR) is 51.0 cm³/mol. The van der Waals surface area contributed by atoms with Crippen molar-refractivity contribution in [3.05, 3.63) is 17.7 Å². The molecular weight excluding hydrogens is 180 g/mol. The molecule has 0 radical (unpaired) electrons. The smallest absolute Gasteiger partial charge is 0.311 e. The minimum atomic E-state index is -0.823. The second-order valence-electron chi connectivity index (χ2n) is 3.98. The van der Waals surface area contributed by atoms with Crippen molar-refractivity contribution < 1.29 is 9.90 Å². The molecule has 1 aliphatic carbocycles. The van der Waals surface area contributed by atoms with Crippen molar-refractivity contribution >= 4 is 5.97 Å². The van der Waals surface area contributed by atoms with Gasteiger partial charge in [-0.15, -0.1) is 0 Å². The summed E-state index contributed by atoms with van der Waals surface area (Å²) in [4.78, 5) is 14.8. The van der Waals surface area contributed by atoms with Crippen molar-refractivity contribution in [3.63, 3.8) is 0 Å². The molecule has 14 heavy (non-hydrogen) atoms. The highest BCUT2D eigenvalue weighted by atomic mass is 16.4. The summed E-state index contributed by atoms with van der Waals surface area (Å²) in [6, 6.07) is 0. The predicted octanol–water partition coefficient (Wildman–Crippen LogP) is 1.000. The molecule has 4 nitrogen and oxygen atoms in total. The van der Waals surface area contributed by atoms with Gasteiger partial charge in [0.1, 0.15) is 12.2 Å². The molecule has 1 saturated carbocycles. The third kappa shape index (κ3) is 2.13. The molecule has 1 aliphatic rings. The second kappa shape index (κ2) is 3.44. The third-order valence-electron chi connectivity index (χ3n) is 2.53. The Labute approximate surface area is 82.6 Å². The van der Waals surface area contributed by atoms with Gasteiger partial charge in [-0.05, 0) is 25.2 Å². The maximum absolute atomic E-state index is 10.5. The van der Waals surface area contributed by atoms with Crippen molar-refractivity contribution in [2.24, 2.45) is 13.0 Å². The van der Waals surface area contributed by atoms with Gasteiger partial charge in [-0.2, -0.15) is 0 Å². The van der Waals surface area contributed by atoms with Gasteiger partial charge in [0.25, 0.3) is 0 Å². The summed E-state index contributed by atoms with van der Waals surface area (Å²) >= 11 is 0. The number of carboxylic acids is 1. The Morgan fingerprint density at radius 3 is 3.00 bits per heavy atom. The van der Waals surface area contributed by atoms with Crippen LogP contribution >= 0.6 is 0 Å². The van der Waals surface area contributed by atoms with Gasteiger partial charge in [0.05, 0.1) is 5.69 Å². The van der Waals surface area contributed by atoms with Crippen LogP contribution in [-0.4, -0.2) is 20.6 Å². The fourth-order valence-electron chi connectivity index (χ4n) is 1.59. The van der Waals surface area contributed by atoms with Gasteiger partial charge >= 0.3 is 5.97 Å². The molecule has 2 rings (SSSR count). The van der Waals surface area contributed by atoms with E-state index in [-0.39, 0.29) is 6.42 Å². The number of carboxylic acid groups (broad SMARTS) is 1. The standard InChI is InChI=1S/C10H14N2O2/c1-12-6-8(4-7-2-3-7)11-9(12)5-10(13)14/h6-7H,2-5H2,1H3,(H,13,14). The number of aliphatic carboxylic acids is 1. The Morgan fingerprint density at radius 1 is 1.71 bits per heavy atom. The summed E-state index contributed by atoms with van der Waals surface area (Å²) < 4.78 is 1.81. The third-order valence-corrected chi connectivity index (χ3v) is 2.53. The van der Waals surface area contributed by atoms with Gasteiger partial charge in [-0.25, -0.2) is 4.98 Å². The van der Waals surface area contributed by atoms with Crippen LogP contribution in [0.5, 0.6) is 0 Å². The first-order chi connectivity index (χ1) is 6.65. The molecule has 1 aromatic heterocycles. The maximum atomic E-state index is 10.5. The van der Waals surface area contributed by atoms with Gasteiger partial charge in [0.15, 0.2) is 0 Å². The van der Waals surface area contributed by atoms with Crippen LogP contribution in [0.25, 0.3) is 0 Å². The summed E-state index contributed by atoms with van der Waals surface area (Å²) in [6.45, 7) is 0. The highest BCUT2D eigenvalue weighted by Crippen LogP contribution is 2.32. The van der Waals surface area contributed by atoms with Crippen LogP contribution in [0.3, 0.4) is 0 Å². The average molecular weight is 194 g/mol. The molecule has 0 aliphatic heterocycles. The van der Waals surface area contributed by atoms with Crippen LogP contribution in [0.15, 0.2) is 6.20 Å². The molecule has 1 fully saturated rings. The van der Waals surface area contributed by atoms with Crippen molar-refractivity contribution in [1.82, 2.24) is 9.55 Å². The van der Waals surface area contributed by atoms with Crippen LogP contribution < -0.4 is 0 Å². The largest absolute Gasteiger partial charge is 0.481 e. The number of rotatable bonds is 4. The van der Waals surface area contributed by atoms with Crippen LogP contribution in [0, 0.1) is 5.92 Å². The van der Waals surface area contributed by atoms with Crippen LogP contribution in [0.1, 0.15) is 24.4 Å². The molecule has 1 heterocycles. The topological polar surface area (TPSA) is 55.1 Å². The summed E-state index contributed by atoms with van der Waals surface area (Å²) in [6.07, 6.45) is 5.56. The monoisotopic (exact) mass is 194 g/mol. The molecule has 1 N–H and O–H groups in total. The maximum Gasteiger partial charge on any atom is 0.311 e. The van der Waals surface area contributed by atoms with E-state index < -0.39 is 5.97 Å². The summed E-state index contributed by atoms with van der Waals surface area (Å²) in [5.41, 5.74) is 1.03. The van der Waals surface area contributed by atoms with Crippen LogP contribution in [-0.2, 0) is 24.7 Å². The molecule has 0 aromatic carbocycles. The molecule has 4 heteroatoms. The number of carbonyl (C=O) groups is 1. The summed E-state index contributed by atoms with van der Waals surface area (Å²) in [5.74, 6) is 0.618. The van der Waals surface area contributed by atoms with Crippen LogP contribution in [0.4, 0.5) is 0 Å². The quantitative estimate of drug-likeness (QED) is 0.778. The van der Waals surface area contributed by atoms with E-state index in [0.29, 0.717) is 5.82 Å². The van der Waals surface area contributed by atoms with Gasteiger partial charge in [-0.3, -0.25) is 4.79 Å². The molecule has 0 saturated heterocycles. The van der Waals surface area contributed by atoms with Crippen molar-refractivity contribution in [2.45, 2.75) is 25.7 Å². The molecule has 1 aromatic rings. The lowest BCUT2D eigenvalue weighted by Gasteiger charge is -1.94. The molecule has 0 bridgehead atoms. The Balaban J connectivity index is 2.07. The Bertz CT molecular complexity index is 353. The number of hydrogen-bond donors (Lipinski definition) is 1. The molecular formula is C10H14N2O2.